The molecule has 3 heteroatoms. The minimum Gasteiger partial charge on any atom is -0.318 e. The van der Waals surface area contributed by atoms with Crippen molar-refractivity contribution in [1.29, 1.82) is 0 Å². The van der Waals surface area contributed by atoms with Crippen molar-refractivity contribution in [2.75, 3.05) is 0 Å². The van der Waals surface area contributed by atoms with E-state index in [4.69, 9.17) is 0 Å². The van der Waals surface area contributed by atoms with Crippen LogP contribution in [0, 0.1) is 0 Å². The molecule has 1 aromatic carbocycles. The Kier molecular flexibility index (Phi) is 5.15. The quantitative estimate of drug-likeness (QED) is 0.421. The zero-order valence-corrected chi connectivity index (χ0v) is 8.85. The maximum Gasteiger partial charge on any atom is 0.335 e. The Balaban J connectivity index is 2.31. The Labute approximate surface area is 89.7 Å². The van der Waals surface area contributed by atoms with E-state index in [-0.39, 0.29) is 5.97 Å². The second-order valence-corrected chi connectivity index (χ2v) is 3.21. The zero-order chi connectivity index (χ0) is 10.9. The molecule has 0 aromatic heterocycles. The standard InChI is InChI=1S/C12H15NO2/c1-2-3-9-12(14)15-13-10-11-7-5-4-6-8-11/h4-8,10H,2-3,9H2,1H3/b13-10+. The van der Waals surface area contributed by atoms with E-state index in [9.17, 15) is 4.79 Å². The van der Waals surface area contributed by atoms with Gasteiger partial charge < -0.3 is 4.84 Å². The first-order chi connectivity index (χ1) is 7.33. The molecule has 1 aromatic rings. The molecular formula is C12H15NO2. The predicted molar refractivity (Wildman–Crippen MR) is 59.7 cm³/mol. The largest absolute Gasteiger partial charge is 0.335 e. The second-order valence-electron chi connectivity index (χ2n) is 3.21. The van der Waals surface area contributed by atoms with E-state index >= 15 is 0 Å². The first-order valence-electron chi connectivity index (χ1n) is 5.11. The molecule has 0 atom stereocenters. The highest BCUT2D eigenvalue weighted by Gasteiger charge is 1.99. The molecule has 0 fully saturated rings. The molecule has 0 aliphatic rings. The summed E-state index contributed by atoms with van der Waals surface area (Å²) in [4.78, 5) is 15.7. The van der Waals surface area contributed by atoms with Crippen LogP contribution in [0.25, 0.3) is 0 Å². The average Bonchev–Trinajstić information content (AvgIpc) is 2.28. The van der Waals surface area contributed by atoms with Crippen molar-refractivity contribution < 1.29 is 9.63 Å². The van der Waals surface area contributed by atoms with Crippen molar-refractivity contribution in [1.82, 2.24) is 0 Å². The predicted octanol–water partition coefficient (Wildman–Crippen LogP) is 2.75. The SMILES string of the molecule is CCCCC(=O)O/N=C/c1ccccc1. The minimum atomic E-state index is -0.274. The van der Waals surface area contributed by atoms with Crippen molar-refractivity contribution in [2.45, 2.75) is 26.2 Å². The fraction of sp³-hybridized carbons (Fsp3) is 0.333. The molecule has 0 spiro atoms. The number of rotatable bonds is 5. The number of benzene rings is 1. The summed E-state index contributed by atoms with van der Waals surface area (Å²) in [6.45, 7) is 2.03. The molecule has 0 saturated carbocycles. The molecule has 0 radical (unpaired) electrons. The Morgan fingerprint density at radius 3 is 2.80 bits per heavy atom. The molecular weight excluding hydrogens is 190 g/mol. The van der Waals surface area contributed by atoms with E-state index in [0.717, 1.165) is 18.4 Å². The minimum absolute atomic E-state index is 0.274. The molecule has 0 saturated heterocycles. The van der Waals surface area contributed by atoms with E-state index in [1.165, 1.54) is 6.21 Å². The van der Waals surface area contributed by atoms with Gasteiger partial charge in [0.2, 0.25) is 0 Å². The van der Waals surface area contributed by atoms with Crippen LogP contribution in [0.2, 0.25) is 0 Å². The van der Waals surface area contributed by atoms with Crippen LogP contribution in [0.4, 0.5) is 0 Å². The molecule has 1 rings (SSSR count). The molecule has 80 valence electrons. The first kappa shape index (κ1) is 11.4. The fourth-order valence-corrected chi connectivity index (χ4v) is 1.05. The lowest BCUT2D eigenvalue weighted by Gasteiger charge is -1.95. The van der Waals surface area contributed by atoms with E-state index in [1.807, 2.05) is 37.3 Å². The molecule has 3 nitrogen and oxygen atoms in total. The number of unbranched alkanes of at least 4 members (excludes halogenated alkanes) is 1. The van der Waals surface area contributed by atoms with Crippen LogP contribution in [0.15, 0.2) is 35.5 Å². The fourth-order valence-electron chi connectivity index (χ4n) is 1.05. The number of oxime groups is 1. The summed E-state index contributed by atoms with van der Waals surface area (Å²) < 4.78 is 0. The van der Waals surface area contributed by atoms with Crippen molar-refractivity contribution in [3.8, 4) is 0 Å². The molecule has 0 heterocycles. The highest BCUT2D eigenvalue weighted by Crippen LogP contribution is 1.98. The Hall–Kier alpha value is -1.64. The number of hydrogen-bond donors (Lipinski definition) is 0. The third-order valence-electron chi connectivity index (χ3n) is 1.89. The summed E-state index contributed by atoms with van der Waals surface area (Å²) in [7, 11) is 0. The molecule has 15 heavy (non-hydrogen) atoms. The first-order valence-corrected chi connectivity index (χ1v) is 5.11. The summed E-state index contributed by atoms with van der Waals surface area (Å²) >= 11 is 0. The van der Waals surface area contributed by atoms with Gasteiger partial charge in [-0.25, -0.2) is 4.79 Å². The molecule has 0 amide bonds. The lowest BCUT2D eigenvalue weighted by atomic mass is 10.2. The summed E-state index contributed by atoms with van der Waals surface area (Å²) in [6.07, 6.45) is 3.80. The van der Waals surface area contributed by atoms with Crippen LogP contribution in [-0.2, 0) is 9.63 Å². The van der Waals surface area contributed by atoms with Crippen molar-refractivity contribution in [3.63, 3.8) is 0 Å². The van der Waals surface area contributed by atoms with Crippen LogP contribution in [0.1, 0.15) is 31.7 Å². The van der Waals surface area contributed by atoms with E-state index in [1.54, 1.807) is 0 Å². The lowest BCUT2D eigenvalue weighted by molar-refractivity contribution is -0.143. The van der Waals surface area contributed by atoms with Gasteiger partial charge in [-0.3, -0.25) is 0 Å². The third kappa shape index (κ3) is 4.96. The topological polar surface area (TPSA) is 38.7 Å². The maximum atomic E-state index is 11.1. The summed E-state index contributed by atoms with van der Waals surface area (Å²) in [5, 5.41) is 3.62. The lowest BCUT2D eigenvalue weighted by Crippen LogP contribution is -1.99. The van der Waals surface area contributed by atoms with Gasteiger partial charge in [0.1, 0.15) is 0 Å². The Bertz CT molecular complexity index is 320. The van der Waals surface area contributed by atoms with Gasteiger partial charge >= 0.3 is 5.97 Å². The van der Waals surface area contributed by atoms with Gasteiger partial charge in [0.15, 0.2) is 0 Å². The zero-order valence-electron chi connectivity index (χ0n) is 8.85. The molecule has 0 aliphatic carbocycles. The number of hydrogen-bond acceptors (Lipinski definition) is 3. The Morgan fingerprint density at radius 1 is 1.40 bits per heavy atom. The van der Waals surface area contributed by atoms with Gasteiger partial charge in [-0.2, -0.15) is 0 Å². The van der Waals surface area contributed by atoms with Gasteiger partial charge in [0, 0.05) is 6.42 Å². The van der Waals surface area contributed by atoms with Gasteiger partial charge in [-0.1, -0.05) is 48.8 Å². The number of nitrogens with zero attached hydrogens (tertiary/aromatic N) is 1. The monoisotopic (exact) mass is 205 g/mol. The summed E-state index contributed by atoms with van der Waals surface area (Å²) in [6, 6.07) is 9.51. The molecule has 0 bridgehead atoms. The summed E-state index contributed by atoms with van der Waals surface area (Å²) in [5.41, 5.74) is 0.917. The van der Waals surface area contributed by atoms with Crippen LogP contribution >= 0.6 is 0 Å². The second kappa shape index (κ2) is 6.76. The van der Waals surface area contributed by atoms with Crippen LogP contribution in [-0.4, -0.2) is 12.2 Å². The van der Waals surface area contributed by atoms with Crippen molar-refractivity contribution >= 4 is 12.2 Å². The molecule has 0 unspecified atom stereocenters. The third-order valence-corrected chi connectivity index (χ3v) is 1.89. The summed E-state index contributed by atoms with van der Waals surface area (Å²) in [5.74, 6) is -0.274. The highest BCUT2D eigenvalue weighted by molar-refractivity contribution is 5.80. The number of carbonyl (C=O) groups is 1. The smallest absolute Gasteiger partial charge is 0.318 e. The maximum absolute atomic E-state index is 11.1. The van der Waals surface area contributed by atoms with E-state index in [2.05, 4.69) is 9.99 Å². The molecule has 0 N–H and O–H groups in total. The van der Waals surface area contributed by atoms with Crippen molar-refractivity contribution in [2.24, 2.45) is 5.16 Å². The molecule has 0 aliphatic heterocycles. The van der Waals surface area contributed by atoms with E-state index < -0.39 is 0 Å². The van der Waals surface area contributed by atoms with Gasteiger partial charge in [-0.05, 0) is 12.0 Å². The van der Waals surface area contributed by atoms with Crippen LogP contribution in [0.5, 0.6) is 0 Å². The van der Waals surface area contributed by atoms with Crippen LogP contribution < -0.4 is 0 Å². The van der Waals surface area contributed by atoms with Gasteiger partial charge in [-0.15, -0.1) is 0 Å². The highest BCUT2D eigenvalue weighted by atomic mass is 16.7. The average molecular weight is 205 g/mol. The number of carbonyl (C=O) groups excluding carboxylic acids is 1. The van der Waals surface area contributed by atoms with Crippen molar-refractivity contribution in [3.05, 3.63) is 35.9 Å². The van der Waals surface area contributed by atoms with Gasteiger partial charge in [0.05, 0.1) is 6.21 Å². The van der Waals surface area contributed by atoms with Crippen LogP contribution in [0.3, 0.4) is 0 Å². The normalized spacial score (nSPS) is 10.5. The Morgan fingerprint density at radius 2 is 2.13 bits per heavy atom. The van der Waals surface area contributed by atoms with E-state index in [0.29, 0.717) is 6.42 Å². The van der Waals surface area contributed by atoms with Gasteiger partial charge in [0.25, 0.3) is 0 Å².